The Morgan fingerprint density at radius 2 is 1.12 bits per heavy atom. The van der Waals surface area contributed by atoms with Gasteiger partial charge in [-0.2, -0.15) is 0 Å². The molecule has 0 aliphatic heterocycles. The Bertz CT molecular complexity index is 777. The molecule has 0 aromatic carbocycles. The molecule has 2 heterocycles. The van der Waals surface area contributed by atoms with Crippen LogP contribution in [0.25, 0.3) is 0 Å². The van der Waals surface area contributed by atoms with E-state index in [0.717, 1.165) is 14.7 Å². The van der Waals surface area contributed by atoms with Crippen LogP contribution in [0.4, 0.5) is 0 Å². The van der Waals surface area contributed by atoms with Gasteiger partial charge < -0.3 is 0 Å². The SMILES string of the molecule is COCC(C)(C)COC(C)Sc1nn[c]([Sn][c]2nnc(SC(C)OCC(C)(C)COC)s2)s1.[V]. The van der Waals surface area contributed by atoms with Crippen LogP contribution in [-0.2, 0) is 37.5 Å². The van der Waals surface area contributed by atoms with Crippen molar-refractivity contribution in [3.8, 4) is 0 Å². The standard InChI is InChI=1S/2C10H17N2O2S2.Sn.V/c2*1-8(16-9-12-11-7-15-9)14-6-10(2,3)5-13-4;;/h2*8H,5-6H2,1-4H3;;. The summed E-state index contributed by atoms with van der Waals surface area (Å²) < 4.78 is 26.5. The summed E-state index contributed by atoms with van der Waals surface area (Å²) in [6.45, 7) is 15.2. The molecular weight excluding hydrogens is 658 g/mol. The number of ether oxygens (including phenoxy) is 4. The molecule has 0 aliphatic carbocycles. The summed E-state index contributed by atoms with van der Waals surface area (Å²) in [4.78, 5) is 0. The van der Waals surface area contributed by atoms with Crippen molar-refractivity contribution in [1.82, 2.24) is 20.4 Å². The Morgan fingerprint density at radius 3 is 1.47 bits per heavy atom. The van der Waals surface area contributed by atoms with Gasteiger partial charge in [0.05, 0.1) is 0 Å². The molecule has 14 heteroatoms. The number of aromatic nitrogens is 4. The van der Waals surface area contributed by atoms with Gasteiger partial charge >= 0.3 is 225 Å². The summed E-state index contributed by atoms with van der Waals surface area (Å²) in [6, 6.07) is 0. The number of hydrogen-bond acceptors (Lipinski definition) is 12. The Morgan fingerprint density at radius 1 is 0.735 bits per heavy atom. The fourth-order valence-electron chi connectivity index (χ4n) is 2.61. The van der Waals surface area contributed by atoms with E-state index in [1.54, 1.807) is 60.4 Å². The zero-order chi connectivity index (χ0) is 24.5. The van der Waals surface area contributed by atoms with Crippen molar-refractivity contribution < 1.29 is 37.5 Å². The number of rotatable bonds is 16. The van der Waals surface area contributed by atoms with Crippen molar-refractivity contribution in [2.75, 3.05) is 40.6 Å². The maximum atomic E-state index is 5.98. The summed E-state index contributed by atoms with van der Waals surface area (Å²) in [5.41, 5.74) is -0.0133. The van der Waals surface area contributed by atoms with Crippen molar-refractivity contribution in [1.29, 1.82) is 0 Å². The largest absolute Gasteiger partial charge is 0 e. The van der Waals surface area contributed by atoms with Gasteiger partial charge in [-0.1, -0.05) is 0 Å². The van der Waals surface area contributed by atoms with Gasteiger partial charge in [0.25, 0.3) is 0 Å². The van der Waals surface area contributed by atoms with Crippen LogP contribution in [0.1, 0.15) is 41.5 Å². The number of nitrogens with zero attached hydrogens (tertiary/aromatic N) is 4. The molecule has 0 bridgehead atoms. The van der Waals surface area contributed by atoms with Crippen molar-refractivity contribution in [3.05, 3.63) is 0 Å². The summed E-state index contributed by atoms with van der Waals surface area (Å²) in [5, 5.41) is 17.5. The molecule has 0 fully saturated rings. The van der Waals surface area contributed by atoms with E-state index < -0.39 is 21.1 Å². The van der Waals surface area contributed by atoms with Gasteiger partial charge in [-0.25, -0.2) is 0 Å². The normalized spacial score (nSPS) is 14.1. The second kappa shape index (κ2) is 16.1. The smallest absolute Gasteiger partial charge is 0 e. The van der Waals surface area contributed by atoms with Crippen LogP contribution in [0.2, 0.25) is 0 Å². The van der Waals surface area contributed by atoms with Crippen LogP contribution in [0, 0.1) is 10.8 Å². The summed E-state index contributed by atoms with van der Waals surface area (Å²) in [6.07, 6.45) is 0. The van der Waals surface area contributed by atoms with E-state index in [1.807, 2.05) is 13.8 Å². The monoisotopic (exact) mass is 693 g/mol. The van der Waals surface area contributed by atoms with Crippen LogP contribution >= 0.6 is 46.2 Å². The number of methoxy groups -OCH3 is 2. The second-order valence-corrected chi connectivity index (χ2v) is 19.6. The van der Waals surface area contributed by atoms with Crippen molar-refractivity contribution in [2.24, 2.45) is 10.8 Å². The molecule has 0 saturated heterocycles. The molecule has 34 heavy (non-hydrogen) atoms. The molecule has 0 amide bonds. The maximum Gasteiger partial charge on any atom is 0 e. The average Bonchev–Trinajstić information content (AvgIpc) is 3.34. The molecule has 0 saturated carbocycles. The number of hydrogen-bond donors (Lipinski definition) is 0. The molecule has 2 rings (SSSR count). The summed E-state index contributed by atoms with van der Waals surface area (Å²) >= 11 is 5.39. The van der Waals surface area contributed by atoms with Crippen LogP contribution in [0.3, 0.4) is 0 Å². The predicted octanol–water partition coefficient (Wildman–Crippen LogP) is 3.30. The zero-order valence-corrected chi connectivity index (χ0v) is 28.5. The van der Waals surface area contributed by atoms with Gasteiger partial charge in [0.1, 0.15) is 0 Å². The quantitative estimate of drug-likeness (QED) is 0.149. The number of thioether (sulfide) groups is 2. The Balaban J connectivity index is 0.00000578. The fraction of sp³-hybridized carbons (Fsp3) is 0.800. The first-order valence-electron chi connectivity index (χ1n) is 10.5. The molecule has 0 N–H and O–H groups in total. The third kappa shape index (κ3) is 13.0. The van der Waals surface area contributed by atoms with Crippen molar-refractivity contribution >= 4 is 73.4 Å². The third-order valence-electron chi connectivity index (χ3n) is 4.05. The van der Waals surface area contributed by atoms with E-state index >= 15 is 0 Å². The summed E-state index contributed by atoms with van der Waals surface area (Å²) in [5.74, 6) is 0. The maximum absolute atomic E-state index is 5.98. The first-order valence-corrected chi connectivity index (χ1v) is 16.7. The molecule has 2 atom stereocenters. The molecule has 3 radical (unpaired) electrons. The second-order valence-electron chi connectivity index (χ2n) is 9.06. The topological polar surface area (TPSA) is 88.5 Å². The van der Waals surface area contributed by atoms with Crippen LogP contribution in [0.5, 0.6) is 0 Å². The minimum absolute atomic E-state index is 0. The van der Waals surface area contributed by atoms with E-state index in [9.17, 15) is 0 Å². The van der Waals surface area contributed by atoms with Crippen LogP contribution < -0.4 is 6.05 Å². The molecule has 0 spiro atoms. The average molecular weight is 692 g/mol. The molecular formula is C20H34N4O4S4SnV. The van der Waals surface area contributed by atoms with Crippen LogP contribution in [0.15, 0.2) is 8.68 Å². The Kier molecular flexibility index (Phi) is 15.7. The van der Waals surface area contributed by atoms with Gasteiger partial charge in [-0.3, -0.25) is 0 Å². The van der Waals surface area contributed by atoms with E-state index in [4.69, 9.17) is 18.9 Å². The molecule has 191 valence electrons. The van der Waals surface area contributed by atoms with Crippen molar-refractivity contribution in [2.45, 2.75) is 61.1 Å². The van der Waals surface area contributed by atoms with Gasteiger partial charge in [0.2, 0.25) is 0 Å². The molecule has 2 aromatic heterocycles. The molecule has 8 nitrogen and oxygen atoms in total. The van der Waals surface area contributed by atoms with Gasteiger partial charge in [-0.15, -0.1) is 0 Å². The van der Waals surface area contributed by atoms with E-state index in [-0.39, 0.29) is 40.3 Å². The van der Waals surface area contributed by atoms with Crippen molar-refractivity contribution in [3.63, 3.8) is 0 Å². The Hall–Kier alpha value is 1.04. The van der Waals surface area contributed by atoms with Crippen LogP contribution in [-0.4, -0.2) is 93.1 Å². The molecule has 2 unspecified atom stereocenters. The van der Waals surface area contributed by atoms with Gasteiger partial charge in [-0.05, 0) is 0 Å². The Labute approximate surface area is 241 Å². The zero-order valence-electron chi connectivity index (χ0n) is 21.0. The van der Waals surface area contributed by atoms with Gasteiger partial charge in [0, 0.05) is 18.6 Å². The minimum atomic E-state index is -1.11. The fourth-order valence-corrected chi connectivity index (χ4v) is 12.7. The first kappa shape index (κ1) is 33.1. The first-order chi connectivity index (χ1) is 15.5. The van der Waals surface area contributed by atoms with E-state index in [2.05, 4.69) is 48.1 Å². The predicted molar refractivity (Wildman–Crippen MR) is 139 cm³/mol. The van der Waals surface area contributed by atoms with Gasteiger partial charge in [0.15, 0.2) is 0 Å². The molecule has 0 aliphatic rings. The molecule has 2 aromatic rings. The van der Waals surface area contributed by atoms with E-state index in [1.165, 1.54) is 0 Å². The third-order valence-corrected chi connectivity index (χ3v) is 12.6. The van der Waals surface area contributed by atoms with E-state index in [0.29, 0.717) is 26.4 Å². The minimum Gasteiger partial charge on any atom is 0 e. The summed E-state index contributed by atoms with van der Waals surface area (Å²) in [7, 11) is 3.43.